The van der Waals surface area contributed by atoms with E-state index < -0.39 is 0 Å². The quantitative estimate of drug-likeness (QED) is 0.832. The predicted molar refractivity (Wildman–Crippen MR) is 73.4 cm³/mol. The minimum atomic E-state index is -0.0840. The molecule has 4 nitrogen and oxygen atoms in total. The number of hydrogen-bond donors (Lipinski definition) is 1. The maximum Gasteiger partial charge on any atom is 0.239 e. The zero-order chi connectivity index (χ0) is 13.7. The minimum absolute atomic E-state index is 0.0840. The largest absolute Gasteiger partial charge is 0.365 e. The first-order valence-electron chi connectivity index (χ1n) is 5.69. The van der Waals surface area contributed by atoms with Crippen LogP contribution < -0.4 is 10.2 Å². The Labute approximate surface area is 112 Å². The number of amides is 1. The summed E-state index contributed by atoms with van der Waals surface area (Å²) in [5.41, 5.74) is 1.16. The summed E-state index contributed by atoms with van der Waals surface area (Å²) in [5.74, 6) is -0.0840. The molecule has 1 aromatic carbocycles. The van der Waals surface area contributed by atoms with Crippen molar-refractivity contribution in [3.63, 3.8) is 0 Å². The fourth-order valence-corrected chi connectivity index (χ4v) is 1.82. The standard InChI is InChI=1S/C13H17ClN2O2/c1-9(2)15-13(18)7-16(3)12-5-4-11(14)6-10(12)8-17/h4-6,8-9H,7H2,1-3H3,(H,15,18). The number of anilines is 1. The van der Waals surface area contributed by atoms with E-state index in [1.807, 2.05) is 13.8 Å². The number of halogens is 1. The van der Waals surface area contributed by atoms with Crippen LogP contribution in [0.3, 0.4) is 0 Å². The molecule has 1 amide bonds. The van der Waals surface area contributed by atoms with E-state index in [0.29, 0.717) is 16.3 Å². The van der Waals surface area contributed by atoms with Gasteiger partial charge >= 0.3 is 0 Å². The molecule has 5 heteroatoms. The van der Waals surface area contributed by atoms with Crippen LogP contribution in [0.5, 0.6) is 0 Å². The van der Waals surface area contributed by atoms with Gasteiger partial charge in [-0.3, -0.25) is 9.59 Å². The van der Waals surface area contributed by atoms with Crippen LogP contribution in [0.25, 0.3) is 0 Å². The van der Waals surface area contributed by atoms with E-state index in [1.165, 1.54) is 0 Å². The number of nitrogens with one attached hydrogen (secondary N) is 1. The summed E-state index contributed by atoms with van der Waals surface area (Å²) >= 11 is 5.82. The second-order valence-corrected chi connectivity index (χ2v) is 4.84. The number of nitrogens with zero attached hydrogens (tertiary/aromatic N) is 1. The van der Waals surface area contributed by atoms with Gasteiger partial charge in [0.2, 0.25) is 5.91 Å². The molecule has 0 aromatic heterocycles. The van der Waals surface area contributed by atoms with E-state index in [-0.39, 0.29) is 18.5 Å². The van der Waals surface area contributed by atoms with Gasteiger partial charge in [0.15, 0.2) is 6.29 Å². The number of aldehydes is 1. The van der Waals surface area contributed by atoms with E-state index >= 15 is 0 Å². The molecule has 18 heavy (non-hydrogen) atoms. The van der Waals surface area contributed by atoms with Crippen LogP contribution in [0, 0.1) is 0 Å². The first-order valence-corrected chi connectivity index (χ1v) is 6.07. The van der Waals surface area contributed by atoms with Gasteiger partial charge < -0.3 is 10.2 Å². The number of carbonyl (C=O) groups excluding carboxylic acids is 2. The molecule has 0 fully saturated rings. The molecular weight excluding hydrogens is 252 g/mol. The summed E-state index contributed by atoms with van der Waals surface area (Å²) in [6.07, 6.45) is 0.734. The van der Waals surface area contributed by atoms with E-state index in [9.17, 15) is 9.59 Å². The van der Waals surface area contributed by atoms with E-state index in [4.69, 9.17) is 11.6 Å². The summed E-state index contributed by atoms with van der Waals surface area (Å²) in [6, 6.07) is 5.11. The third-order valence-electron chi connectivity index (χ3n) is 2.36. The smallest absolute Gasteiger partial charge is 0.239 e. The highest BCUT2D eigenvalue weighted by atomic mass is 35.5. The fourth-order valence-electron chi connectivity index (χ4n) is 1.64. The van der Waals surface area contributed by atoms with Crippen LogP contribution in [0.4, 0.5) is 5.69 Å². The van der Waals surface area contributed by atoms with Gasteiger partial charge in [-0.2, -0.15) is 0 Å². The van der Waals surface area contributed by atoms with Gasteiger partial charge in [0, 0.05) is 29.4 Å². The third kappa shape index (κ3) is 4.04. The highest BCUT2D eigenvalue weighted by Crippen LogP contribution is 2.21. The average Bonchev–Trinajstić information content (AvgIpc) is 2.27. The van der Waals surface area contributed by atoms with E-state index in [2.05, 4.69) is 5.32 Å². The fraction of sp³-hybridized carbons (Fsp3) is 0.385. The van der Waals surface area contributed by atoms with Crippen molar-refractivity contribution in [3.8, 4) is 0 Å². The molecule has 0 spiro atoms. The molecule has 0 aliphatic carbocycles. The Morgan fingerprint density at radius 1 is 1.50 bits per heavy atom. The Bertz CT molecular complexity index is 447. The molecule has 0 bridgehead atoms. The van der Waals surface area contributed by atoms with Gasteiger partial charge in [-0.05, 0) is 32.0 Å². The highest BCUT2D eigenvalue weighted by molar-refractivity contribution is 6.31. The van der Waals surface area contributed by atoms with Crippen molar-refractivity contribution in [1.29, 1.82) is 0 Å². The summed E-state index contributed by atoms with van der Waals surface area (Å²) in [5, 5.41) is 3.30. The average molecular weight is 269 g/mol. The molecule has 0 heterocycles. The molecule has 0 aliphatic heterocycles. The molecule has 0 aliphatic rings. The molecule has 98 valence electrons. The monoisotopic (exact) mass is 268 g/mol. The van der Waals surface area contributed by atoms with Crippen LogP contribution >= 0.6 is 11.6 Å². The second-order valence-electron chi connectivity index (χ2n) is 4.40. The van der Waals surface area contributed by atoms with Gasteiger partial charge in [0.05, 0.1) is 6.54 Å². The highest BCUT2D eigenvalue weighted by Gasteiger charge is 2.11. The maximum atomic E-state index is 11.6. The number of rotatable bonds is 5. The van der Waals surface area contributed by atoms with Gasteiger partial charge in [-0.25, -0.2) is 0 Å². The molecule has 0 unspecified atom stereocenters. The lowest BCUT2D eigenvalue weighted by atomic mass is 10.2. The molecule has 1 rings (SSSR count). The Morgan fingerprint density at radius 3 is 2.72 bits per heavy atom. The first kappa shape index (κ1) is 14.5. The SMILES string of the molecule is CC(C)NC(=O)CN(C)c1ccc(Cl)cc1C=O. The predicted octanol–water partition coefficient (Wildman–Crippen LogP) is 2.11. The number of carbonyl (C=O) groups is 2. The lowest BCUT2D eigenvalue weighted by Crippen LogP contribution is -2.38. The van der Waals surface area contributed by atoms with E-state index in [0.717, 1.165) is 6.29 Å². The lowest BCUT2D eigenvalue weighted by molar-refractivity contribution is -0.120. The third-order valence-corrected chi connectivity index (χ3v) is 2.59. The van der Waals surface area contributed by atoms with Gasteiger partial charge in [-0.1, -0.05) is 11.6 Å². The van der Waals surface area contributed by atoms with Crippen LogP contribution in [-0.4, -0.2) is 31.8 Å². The summed E-state index contributed by atoms with van der Waals surface area (Å²) in [6.45, 7) is 3.99. The topological polar surface area (TPSA) is 49.4 Å². The lowest BCUT2D eigenvalue weighted by Gasteiger charge is -2.21. The maximum absolute atomic E-state index is 11.6. The van der Waals surface area contributed by atoms with Gasteiger partial charge in [0.1, 0.15) is 0 Å². The zero-order valence-electron chi connectivity index (χ0n) is 10.7. The molecule has 0 saturated heterocycles. The normalized spacial score (nSPS) is 10.3. The van der Waals surface area contributed by atoms with E-state index in [1.54, 1.807) is 30.1 Å². The molecule has 1 N–H and O–H groups in total. The number of likely N-dealkylation sites (N-methyl/N-ethyl adjacent to an activating group) is 1. The molecule has 0 atom stereocenters. The van der Waals surface area contributed by atoms with Gasteiger partial charge in [0.25, 0.3) is 0 Å². The van der Waals surface area contributed by atoms with Crippen LogP contribution in [0.2, 0.25) is 5.02 Å². The van der Waals surface area contributed by atoms with Gasteiger partial charge in [-0.15, -0.1) is 0 Å². The van der Waals surface area contributed by atoms with Crippen LogP contribution in [-0.2, 0) is 4.79 Å². The molecular formula is C13H17ClN2O2. The Hall–Kier alpha value is -1.55. The van der Waals surface area contributed by atoms with Crippen molar-refractivity contribution in [3.05, 3.63) is 28.8 Å². The van der Waals surface area contributed by atoms with Crippen LogP contribution in [0.1, 0.15) is 24.2 Å². The summed E-state index contributed by atoms with van der Waals surface area (Å²) < 4.78 is 0. The minimum Gasteiger partial charge on any atom is -0.365 e. The summed E-state index contributed by atoms with van der Waals surface area (Å²) in [7, 11) is 1.76. The van der Waals surface area contributed by atoms with Crippen molar-refractivity contribution < 1.29 is 9.59 Å². The van der Waals surface area contributed by atoms with Crippen molar-refractivity contribution in [2.75, 3.05) is 18.5 Å². The first-order chi connectivity index (χ1) is 8.43. The van der Waals surface area contributed by atoms with Crippen molar-refractivity contribution in [2.45, 2.75) is 19.9 Å². The number of benzene rings is 1. The Balaban J connectivity index is 2.81. The molecule has 0 saturated carbocycles. The van der Waals surface area contributed by atoms with Crippen molar-refractivity contribution in [2.24, 2.45) is 0 Å². The number of hydrogen-bond acceptors (Lipinski definition) is 3. The summed E-state index contributed by atoms with van der Waals surface area (Å²) in [4.78, 5) is 24.3. The Morgan fingerprint density at radius 2 is 2.17 bits per heavy atom. The second kappa shape index (κ2) is 6.40. The van der Waals surface area contributed by atoms with Crippen LogP contribution in [0.15, 0.2) is 18.2 Å². The Kier molecular flexibility index (Phi) is 5.16. The van der Waals surface area contributed by atoms with Crippen molar-refractivity contribution >= 4 is 29.5 Å². The van der Waals surface area contributed by atoms with Crippen molar-refractivity contribution in [1.82, 2.24) is 5.32 Å². The molecule has 1 aromatic rings. The zero-order valence-corrected chi connectivity index (χ0v) is 11.5. The molecule has 0 radical (unpaired) electrons.